The Labute approximate surface area is 171 Å². The van der Waals surface area contributed by atoms with Gasteiger partial charge < -0.3 is 5.11 Å². The van der Waals surface area contributed by atoms with E-state index in [0.717, 1.165) is 25.7 Å². The molecule has 0 unspecified atom stereocenters. The number of ketones is 1. The summed E-state index contributed by atoms with van der Waals surface area (Å²) in [4.78, 5) is 13.8. The third-order valence-electron chi connectivity index (χ3n) is 10.3. The fraction of sp³-hybridized carbons (Fsp3) is 0.920. The van der Waals surface area contributed by atoms with Crippen LogP contribution >= 0.6 is 0 Å². The van der Waals surface area contributed by atoms with Crippen molar-refractivity contribution in [1.82, 2.24) is 0 Å². The lowest BCUT2D eigenvalue weighted by atomic mass is 9.42. The molecular formula is C25H39NO2. The number of hydrogen-bond donors (Lipinski definition) is 1. The Morgan fingerprint density at radius 2 is 1.79 bits per heavy atom. The fourth-order valence-electron chi connectivity index (χ4n) is 8.90. The molecule has 0 heterocycles. The van der Waals surface area contributed by atoms with Crippen LogP contribution in [0.1, 0.15) is 85.5 Å². The summed E-state index contributed by atoms with van der Waals surface area (Å²) in [6.07, 6.45) is 8.91. The zero-order valence-electron chi connectivity index (χ0n) is 18.3. The van der Waals surface area contributed by atoms with Crippen molar-refractivity contribution < 1.29 is 9.90 Å². The number of aliphatic hydroxyl groups is 1. The average Bonchev–Trinajstić information content (AvgIpc) is 3.01. The highest BCUT2D eigenvalue weighted by Gasteiger charge is 2.64. The van der Waals surface area contributed by atoms with Crippen molar-refractivity contribution >= 4 is 5.78 Å². The van der Waals surface area contributed by atoms with Crippen molar-refractivity contribution in [3.63, 3.8) is 0 Å². The minimum absolute atomic E-state index is 0.138. The molecule has 10 atom stereocenters. The van der Waals surface area contributed by atoms with Gasteiger partial charge in [-0.1, -0.05) is 27.7 Å². The summed E-state index contributed by atoms with van der Waals surface area (Å²) in [6, 6.07) is 2.40. The first-order chi connectivity index (χ1) is 13.3. The van der Waals surface area contributed by atoms with Gasteiger partial charge in [-0.2, -0.15) is 5.26 Å². The normalized spacial score (nSPS) is 51.6. The van der Waals surface area contributed by atoms with Crippen LogP contribution < -0.4 is 0 Å². The number of rotatable bonds is 3. The standard InChI is InChI=1S/C25H39NO2/c1-5-17-21-14-16(27)8-11-25(21,4)20-9-12-24(3)18(15(2)10-13-26)6-7-19(24)22(20)23(17)28/h15-22,27H,5-12,14H2,1-4H3/t15-,16-,17-,18-,19+,20+,21+,22+,24-,25-/m1/s1. The van der Waals surface area contributed by atoms with Gasteiger partial charge in [-0.3, -0.25) is 4.79 Å². The summed E-state index contributed by atoms with van der Waals surface area (Å²) in [5, 5.41) is 19.6. The SMILES string of the molecule is CC[C@H]1C(=O)[C@@H]2[C@H](CC[C@]3(C)[C@@H]([C@H](C)CC#N)CC[C@@H]23)[C@@]2(C)CC[C@@H](O)C[C@@H]12. The van der Waals surface area contributed by atoms with Gasteiger partial charge in [-0.25, -0.2) is 0 Å². The number of nitriles is 1. The van der Waals surface area contributed by atoms with E-state index in [0.29, 0.717) is 41.8 Å². The molecular weight excluding hydrogens is 346 g/mol. The fourth-order valence-corrected chi connectivity index (χ4v) is 8.90. The number of fused-ring (bicyclic) bond motifs is 5. The van der Waals surface area contributed by atoms with Crippen LogP contribution in [0.2, 0.25) is 0 Å². The van der Waals surface area contributed by atoms with Gasteiger partial charge in [-0.05, 0) is 91.8 Å². The van der Waals surface area contributed by atoms with Crippen LogP contribution in [0.4, 0.5) is 0 Å². The number of aliphatic hydroxyl groups excluding tert-OH is 1. The van der Waals surface area contributed by atoms with Crippen molar-refractivity contribution in [3.05, 3.63) is 0 Å². The number of carbonyl (C=O) groups is 1. The smallest absolute Gasteiger partial charge is 0.139 e. The van der Waals surface area contributed by atoms with Crippen LogP contribution in [-0.4, -0.2) is 17.0 Å². The Hall–Kier alpha value is -0.880. The summed E-state index contributed by atoms with van der Waals surface area (Å²) < 4.78 is 0. The molecule has 0 aromatic carbocycles. The maximum Gasteiger partial charge on any atom is 0.139 e. The van der Waals surface area contributed by atoms with Gasteiger partial charge in [0.25, 0.3) is 0 Å². The third-order valence-corrected chi connectivity index (χ3v) is 10.3. The lowest BCUT2D eigenvalue weighted by Crippen LogP contribution is -2.60. The van der Waals surface area contributed by atoms with Crippen LogP contribution in [0.15, 0.2) is 0 Å². The predicted molar refractivity (Wildman–Crippen MR) is 110 cm³/mol. The van der Waals surface area contributed by atoms with E-state index in [1.807, 2.05) is 0 Å². The van der Waals surface area contributed by atoms with E-state index in [-0.39, 0.29) is 28.8 Å². The Bertz CT molecular complexity index is 668. The first kappa shape index (κ1) is 20.4. The molecule has 1 N–H and O–H groups in total. The second-order valence-electron chi connectivity index (χ2n) is 11.3. The summed E-state index contributed by atoms with van der Waals surface area (Å²) in [6.45, 7) is 9.35. The zero-order valence-corrected chi connectivity index (χ0v) is 18.3. The van der Waals surface area contributed by atoms with E-state index in [9.17, 15) is 15.2 Å². The topological polar surface area (TPSA) is 61.1 Å². The van der Waals surface area contributed by atoms with Crippen LogP contribution in [0, 0.1) is 63.6 Å². The molecule has 4 rings (SSSR count). The molecule has 28 heavy (non-hydrogen) atoms. The van der Waals surface area contributed by atoms with E-state index >= 15 is 0 Å². The van der Waals surface area contributed by atoms with Gasteiger partial charge in [0.05, 0.1) is 12.2 Å². The first-order valence-electron chi connectivity index (χ1n) is 11.9. The van der Waals surface area contributed by atoms with Gasteiger partial charge in [-0.15, -0.1) is 0 Å². The monoisotopic (exact) mass is 385 g/mol. The molecule has 4 aliphatic carbocycles. The Balaban J connectivity index is 1.69. The Kier molecular flexibility index (Phi) is 5.18. The maximum absolute atomic E-state index is 13.8. The highest BCUT2D eigenvalue weighted by Crippen LogP contribution is 2.68. The van der Waals surface area contributed by atoms with Crippen molar-refractivity contribution in [2.24, 2.45) is 52.3 Å². The summed E-state index contributed by atoms with van der Waals surface area (Å²) >= 11 is 0. The third kappa shape index (κ3) is 2.73. The second kappa shape index (κ2) is 7.12. The van der Waals surface area contributed by atoms with E-state index in [1.54, 1.807) is 0 Å². The van der Waals surface area contributed by atoms with E-state index in [4.69, 9.17) is 0 Å². The second-order valence-corrected chi connectivity index (χ2v) is 11.3. The summed E-state index contributed by atoms with van der Waals surface area (Å²) in [7, 11) is 0. The molecule has 0 spiro atoms. The van der Waals surface area contributed by atoms with Gasteiger partial charge >= 0.3 is 0 Å². The van der Waals surface area contributed by atoms with E-state index in [1.165, 1.54) is 25.7 Å². The Morgan fingerprint density at radius 3 is 2.46 bits per heavy atom. The molecule has 0 saturated heterocycles. The first-order valence-corrected chi connectivity index (χ1v) is 11.9. The highest BCUT2D eigenvalue weighted by atomic mass is 16.3. The van der Waals surface area contributed by atoms with E-state index < -0.39 is 0 Å². The van der Waals surface area contributed by atoms with Crippen molar-refractivity contribution in [2.45, 2.75) is 91.6 Å². The van der Waals surface area contributed by atoms with Crippen molar-refractivity contribution in [1.29, 1.82) is 5.26 Å². The van der Waals surface area contributed by atoms with Crippen LogP contribution in [0.3, 0.4) is 0 Å². The number of hydrogen-bond acceptors (Lipinski definition) is 3. The summed E-state index contributed by atoms with van der Waals surface area (Å²) in [5.41, 5.74) is 0.443. The molecule has 4 aliphatic rings. The number of Topliss-reactive ketones (excluding diaryl/α,β-unsaturated/α-hetero) is 1. The maximum atomic E-state index is 13.8. The molecule has 3 nitrogen and oxygen atoms in total. The number of carbonyl (C=O) groups excluding carboxylic acids is 1. The van der Waals surface area contributed by atoms with Gasteiger partial charge in [0, 0.05) is 18.3 Å². The van der Waals surface area contributed by atoms with Gasteiger partial charge in [0.15, 0.2) is 0 Å². The highest BCUT2D eigenvalue weighted by molar-refractivity contribution is 5.86. The lowest BCUT2D eigenvalue weighted by Gasteiger charge is -2.62. The average molecular weight is 386 g/mol. The molecule has 4 saturated carbocycles. The molecule has 4 fully saturated rings. The van der Waals surface area contributed by atoms with E-state index in [2.05, 4.69) is 33.8 Å². The van der Waals surface area contributed by atoms with Crippen molar-refractivity contribution in [3.8, 4) is 6.07 Å². The molecule has 0 bridgehead atoms. The molecule has 0 aromatic heterocycles. The van der Waals surface area contributed by atoms with Crippen LogP contribution in [-0.2, 0) is 4.79 Å². The Morgan fingerprint density at radius 1 is 1.11 bits per heavy atom. The molecule has 0 amide bonds. The molecule has 0 aliphatic heterocycles. The predicted octanol–water partition coefficient (Wildman–Crippen LogP) is 5.37. The quantitative estimate of drug-likeness (QED) is 0.710. The largest absolute Gasteiger partial charge is 0.393 e. The minimum Gasteiger partial charge on any atom is -0.393 e. The summed E-state index contributed by atoms with van der Waals surface area (Å²) in [5.74, 6) is 3.29. The molecule has 3 heteroatoms. The van der Waals surface area contributed by atoms with Crippen molar-refractivity contribution in [2.75, 3.05) is 0 Å². The van der Waals surface area contributed by atoms with Gasteiger partial charge in [0.2, 0.25) is 0 Å². The lowest BCUT2D eigenvalue weighted by molar-refractivity contribution is -0.173. The van der Waals surface area contributed by atoms with Gasteiger partial charge in [0.1, 0.15) is 5.78 Å². The molecule has 0 aromatic rings. The molecule has 0 radical (unpaired) electrons. The van der Waals surface area contributed by atoms with Crippen LogP contribution in [0.25, 0.3) is 0 Å². The van der Waals surface area contributed by atoms with Crippen LogP contribution in [0.5, 0.6) is 0 Å². The number of nitrogens with zero attached hydrogens (tertiary/aromatic N) is 1. The minimum atomic E-state index is -0.215. The zero-order chi connectivity index (χ0) is 20.3. The molecule has 156 valence electrons.